The minimum absolute atomic E-state index is 0.186. The SMILES string of the molecule is CC(F)F.CC(N)=O.CCc1ccc(C(=O)/C=C(\F)c2cc(Cl)cc(Cl)c2)cc1. The minimum atomic E-state index is -2.17. The number of nitrogens with two attached hydrogens (primary N) is 1. The Morgan fingerprint density at radius 1 is 1.03 bits per heavy atom. The van der Waals surface area contributed by atoms with Crippen molar-refractivity contribution in [1.82, 2.24) is 0 Å². The Morgan fingerprint density at radius 3 is 1.83 bits per heavy atom. The highest BCUT2D eigenvalue weighted by atomic mass is 35.5. The van der Waals surface area contributed by atoms with Crippen molar-refractivity contribution in [3.8, 4) is 0 Å². The van der Waals surface area contributed by atoms with E-state index in [2.05, 4.69) is 5.73 Å². The second-order valence-electron chi connectivity index (χ2n) is 5.69. The summed E-state index contributed by atoms with van der Waals surface area (Å²) in [5.41, 5.74) is 6.22. The number of aryl methyl sites for hydroxylation is 1. The number of ketones is 1. The number of rotatable bonds is 4. The maximum absolute atomic E-state index is 14.1. The molecule has 0 radical (unpaired) electrons. The maximum Gasteiger partial charge on any atom is 0.235 e. The lowest BCUT2D eigenvalue weighted by Gasteiger charge is -2.02. The third kappa shape index (κ3) is 12.7. The third-order valence-electron chi connectivity index (χ3n) is 3.04. The number of hydrogen-bond donors (Lipinski definition) is 1. The van der Waals surface area contributed by atoms with Gasteiger partial charge in [0.1, 0.15) is 5.83 Å². The first kappa shape index (κ1) is 26.7. The molecule has 2 N–H and O–H groups in total. The van der Waals surface area contributed by atoms with Gasteiger partial charge in [-0.05, 0) is 37.1 Å². The fourth-order valence-electron chi connectivity index (χ4n) is 1.88. The Morgan fingerprint density at radius 2 is 1.45 bits per heavy atom. The predicted octanol–water partition coefficient (Wildman–Crippen LogP) is 6.51. The van der Waals surface area contributed by atoms with Gasteiger partial charge in [0.15, 0.2) is 5.78 Å². The van der Waals surface area contributed by atoms with Gasteiger partial charge in [-0.3, -0.25) is 9.59 Å². The van der Waals surface area contributed by atoms with Crippen molar-refractivity contribution in [3.05, 3.63) is 75.3 Å². The molecule has 0 unspecified atom stereocenters. The molecule has 0 spiro atoms. The number of allylic oxidation sites excluding steroid dienone is 1. The highest BCUT2D eigenvalue weighted by Gasteiger charge is 2.08. The van der Waals surface area contributed by atoms with Crippen LogP contribution < -0.4 is 5.73 Å². The molecular weight excluding hydrogens is 426 g/mol. The molecule has 8 heteroatoms. The van der Waals surface area contributed by atoms with Crippen molar-refractivity contribution >= 4 is 40.7 Å². The van der Waals surface area contributed by atoms with Crippen molar-refractivity contribution in [3.63, 3.8) is 0 Å². The van der Waals surface area contributed by atoms with Gasteiger partial charge in [-0.1, -0.05) is 54.4 Å². The first-order chi connectivity index (χ1) is 13.5. The van der Waals surface area contributed by atoms with Gasteiger partial charge < -0.3 is 5.73 Å². The van der Waals surface area contributed by atoms with Crippen LogP contribution >= 0.6 is 23.2 Å². The van der Waals surface area contributed by atoms with Crippen LogP contribution in [0.1, 0.15) is 42.3 Å². The van der Waals surface area contributed by atoms with Crippen molar-refractivity contribution in [2.45, 2.75) is 33.6 Å². The number of carbonyl (C=O) groups is 2. The Hall–Kier alpha value is -2.31. The zero-order chi connectivity index (χ0) is 22.6. The highest BCUT2D eigenvalue weighted by Crippen LogP contribution is 2.25. The van der Waals surface area contributed by atoms with Crippen LogP contribution in [0.4, 0.5) is 13.2 Å². The van der Waals surface area contributed by atoms with Gasteiger partial charge in [-0.2, -0.15) is 0 Å². The maximum atomic E-state index is 14.1. The largest absolute Gasteiger partial charge is 0.370 e. The zero-order valence-electron chi connectivity index (χ0n) is 16.2. The average Bonchev–Trinajstić information content (AvgIpc) is 2.60. The van der Waals surface area contributed by atoms with Crippen LogP contribution in [0.2, 0.25) is 10.0 Å². The Bertz CT molecular complexity index is 811. The highest BCUT2D eigenvalue weighted by molar-refractivity contribution is 6.34. The summed E-state index contributed by atoms with van der Waals surface area (Å²) in [6.07, 6.45) is -0.331. The molecule has 158 valence electrons. The van der Waals surface area contributed by atoms with Crippen LogP contribution in [0.15, 0.2) is 48.5 Å². The molecule has 0 atom stereocenters. The molecule has 0 fully saturated rings. The number of carbonyl (C=O) groups excluding carboxylic acids is 2. The lowest BCUT2D eigenvalue weighted by atomic mass is 10.1. The van der Waals surface area contributed by atoms with Gasteiger partial charge >= 0.3 is 0 Å². The molecule has 0 saturated carbocycles. The zero-order valence-corrected chi connectivity index (χ0v) is 17.7. The van der Waals surface area contributed by atoms with E-state index in [1.54, 1.807) is 12.1 Å². The number of primary amides is 1. The van der Waals surface area contributed by atoms with E-state index in [0.29, 0.717) is 15.6 Å². The number of hydrogen-bond acceptors (Lipinski definition) is 2. The standard InChI is InChI=1S/C17H13Cl2FO.C2H4F2.C2H5NO/c1-2-11-3-5-12(6-4-11)17(21)10-16(20)13-7-14(18)9-15(19)8-13;2*1-2(3)4/h3-10H,2H2,1H3;2H,1H3;1H3,(H2,3,4)/b16-10-;;. The van der Waals surface area contributed by atoms with Crippen molar-refractivity contribution in [1.29, 1.82) is 0 Å². The molecule has 0 aliphatic rings. The van der Waals surface area contributed by atoms with E-state index >= 15 is 0 Å². The summed E-state index contributed by atoms with van der Waals surface area (Å²) in [4.78, 5) is 21.2. The fourth-order valence-corrected chi connectivity index (χ4v) is 2.40. The van der Waals surface area contributed by atoms with Crippen molar-refractivity contribution < 1.29 is 22.8 Å². The lowest BCUT2D eigenvalue weighted by molar-refractivity contribution is -0.115. The summed E-state index contributed by atoms with van der Waals surface area (Å²) in [6, 6.07) is 11.4. The number of alkyl halides is 2. The monoisotopic (exact) mass is 447 g/mol. The average molecular weight is 448 g/mol. The third-order valence-corrected chi connectivity index (χ3v) is 3.48. The summed E-state index contributed by atoms with van der Waals surface area (Å²) in [5, 5.41) is 0.640. The second kappa shape index (κ2) is 13.8. The molecular formula is C21H22Cl2F3NO2. The van der Waals surface area contributed by atoms with Crippen molar-refractivity contribution in [2.24, 2.45) is 5.73 Å². The van der Waals surface area contributed by atoms with E-state index in [0.717, 1.165) is 25.0 Å². The van der Waals surface area contributed by atoms with E-state index in [9.17, 15) is 22.8 Å². The molecule has 2 aromatic carbocycles. The molecule has 3 nitrogen and oxygen atoms in total. The summed E-state index contributed by atoms with van der Waals surface area (Å²) < 4.78 is 34.8. The molecule has 0 aromatic heterocycles. The molecule has 1 amide bonds. The molecule has 0 aliphatic heterocycles. The topological polar surface area (TPSA) is 60.2 Å². The van der Waals surface area contributed by atoms with Crippen LogP contribution in [0.3, 0.4) is 0 Å². The van der Waals surface area contributed by atoms with Crippen molar-refractivity contribution in [2.75, 3.05) is 0 Å². The number of halogens is 5. The minimum Gasteiger partial charge on any atom is -0.370 e. The summed E-state index contributed by atoms with van der Waals surface area (Å²) in [6.45, 7) is 4.17. The van der Waals surface area contributed by atoms with Gasteiger partial charge in [0, 0.05) is 34.2 Å². The molecule has 0 heterocycles. The van der Waals surface area contributed by atoms with Crippen LogP contribution in [-0.2, 0) is 11.2 Å². The number of benzene rings is 2. The molecule has 0 aliphatic carbocycles. The molecule has 2 rings (SSSR count). The Labute approximate surface area is 178 Å². The first-order valence-electron chi connectivity index (χ1n) is 8.47. The Balaban J connectivity index is 0.000000837. The van der Waals surface area contributed by atoms with Gasteiger partial charge in [0.2, 0.25) is 12.3 Å². The normalized spacial score (nSPS) is 10.4. The van der Waals surface area contributed by atoms with E-state index in [-0.39, 0.29) is 11.5 Å². The van der Waals surface area contributed by atoms with Crippen LogP contribution in [0.5, 0.6) is 0 Å². The van der Waals surface area contributed by atoms with E-state index in [1.807, 2.05) is 19.1 Å². The quantitative estimate of drug-likeness (QED) is 0.428. The molecule has 0 bridgehead atoms. The van der Waals surface area contributed by atoms with Gasteiger partial charge in [-0.15, -0.1) is 0 Å². The van der Waals surface area contributed by atoms with Gasteiger partial charge in [-0.25, -0.2) is 13.2 Å². The lowest BCUT2D eigenvalue weighted by Crippen LogP contribution is -2.01. The van der Waals surface area contributed by atoms with Crippen LogP contribution in [0, 0.1) is 0 Å². The summed E-state index contributed by atoms with van der Waals surface area (Å²) in [5.74, 6) is -1.39. The smallest absolute Gasteiger partial charge is 0.235 e. The summed E-state index contributed by atoms with van der Waals surface area (Å²) >= 11 is 11.6. The van der Waals surface area contributed by atoms with Crippen LogP contribution in [0.25, 0.3) is 5.83 Å². The van der Waals surface area contributed by atoms with E-state index in [1.165, 1.54) is 25.1 Å². The van der Waals surface area contributed by atoms with Gasteiger partial charge in [0.05, 0.1) is 0 Å². The second-order valence-corrected chi connectivity index (χ2v) is 6.57. The fraction of sp³-hybridized carbons (Fsp3) is 0.238. The molecule has 29 heavy (non-hydrogen) atoms. The number of amides is 1. The van der Waals surface area contributed by atoms with Gasteiger partial charge in [0.25, 0.3) is 0 Å². The first-order valence-corrected chi connectivity index (χ1v) is 9.23. The Kier molecular flexibility index (Phi) is 12.7. The predicted molar refractivity (Wildman–Crippen MR) is 112 cm³/mol. The van der Waals surface area contributed by atoms with E-state index < -0.39 is 18.0 Å². The van der Waals surface area contributed by atoms with Crippen LogP contribution in [-0.4, -0.2) is 18.1 Å². The van der Waals surface area contributed by atoms with E-state index in [4.69, 9.17) is 23.2 Å². The molecule has 2 aromatic rings. The summed E-state index contributed by atoms with van der Waals surface area (Å²) in [7, 11) is 0. The molecule has 0 saturated heterocycles.